The number of nitrogens with zero attached hydrogens (tertiary/aromatic N) is 3. The number of para-hydroxylation sites is 1. The van der Waals surface area contributed by atoms with Crippen LogP contribution < -0.4 is 0 Å². The van der Waals surface area contributed by atoms with Gasteiger partial charge in [-0.2, -0.15) is 5.26 Å². The highest BCUT2D eigenvalue weighted by Gasteiger charge is 2.27. The van der Waals surface area contributed by atoms with Crippen molar-refractivity contribution in [3.8, 4) is 62.0 Å². The molecule has 13 rings (SSSR count). The summed E-state index contributed by atoms with van der Waals surface area (Å²) in [5.41, 5.74) is 16.6. The molecule has 0 radical (unpaired) electrons. The molecule has 4 nitrogen and oxygen atoms in total. The Hall–Kier alpha value is -8.91. The number of fused-ring (bicyclic) bond motifs is 9. The lowest BCUT2D eigenvalue weighted by Crippen LogP contribution is -2.05. The highest BCUT2D eigenvalue weighted by Crippen LogP contribution is 2.46. The fraction of sp³-hybridized carbons (Fsp3) is 0. The van der Waals surface area contributed by atoms with Crippen LogP contribution in [0.4, 0.5) is 0 Å². The van der Waals surface area contributed by atoms with Crippen molar-refractivity contribution >= 4 is 65.6 Å². The molecule has 10 aromatic carbocycles. The lowest BCUT2D eigenvalue weighted by atomic mass is 10.0. The van der Waals surface area contributed by atoms with Crippen LogP contribution in [-0.2, 0) is 0 Å². The summed E-state index contributed by atoms with van der Waals surface area (Å²) in [4.78, 5) is 0. The summed E-state index contributed by atoms with van der Waals surface area (Å²) in [5.74, 6) is 0. The maximum absolute atomic E-state index is 11.8. The molecule has 13 aromatic rings. The van der Waals surface area contributed by atoms with E-state index in [-0.39, 0.29) is 0 Å². The largest absolute Gasteiger partial charge is 0.454 e. The van der Waals surface area contributed by atoms with Gasteiger partial charge in [-0.25, -0.2) is 0 Å². The average molecular weight is 828 g/mol. The van der Waals surface area contributed by atoms with Gasteiger partial charge in [0.25, 0.3) is 0 Å². The maximum atomic E-state index is 11.8. The Morgan fingerprint density at radius 3 is 1.09 bits per heavy atom. The van der Waals surface area contributed by atoms with E-state index in [1.807, 2.05) is 12.1 Å². The van der Waals surface area contributed by atoms with Crippen LogP contribution in [0, 0.1) is 11.3 Å². The fourth-order valence-electron chi connectivity index (χ4n) is 10.1. The lowest BCUT2D eigenvalue weighted by Gasteiger charge is -2.17. The first-order valence-electron chi connectivity index (χ1n) is 22.0. The van der Waals surface area contributed by atoms with Crippen molar-refractivity contribution in [2.45, 2.75) is 0 Å². The van der Waals surface area contributed by atoms with Crippen LogP contribution in [0.15, 0.2) is 229 Å². The average Bonchev–Trinajstić information content (AvgIpc) is 4.03. The summed E-state index contributed by atoms with van der Waals surface area (Å²) in [6, 6.07) is 82.1. The molecule has 0 N–H and O–H groups in total. The zero-order valence-electron chi connectivity index (χ0n) is 35.1. The van der Waals surface area contributed by atoms with Crippen molar-refractivity contribution in [2.24, 2.45) is 0 Å². The maximum Gasteiger partial charge on any atom is 0.160 e. The Labute approximate surface area is 374 Å². The number of nitriles is 1. The molecule has 0 atom stereocenters. The standard InChI is InChI=1S/C61H37N3O/c62-38-53-58(63-54-29-25-43(39-15-5-1-6-16-39)33-48(54)49-34-44(26-30-55(49)63)40-17-7-2-8-18-40)37-52-47-23-13-14-24-59(47)65-61(52)60(53)64-56-31-27-45(41-19-9-3-10-20-41)35-50(56)51-36-46(28-32-57(51)64)42-21-11-4-12-22-42/h1-37H. The van der Waals surface area contributed by atoms with E-state index in [2.05, 4.69) is 228 Å². The molecule has 3 heterocycles. The predicted molar refractivity (Wildman–Crippen MR) is 269 cm³/mol. The minimum absolute atomic E-state index is 0.521. The lowest BCUT2D eigenvalue weighted by molar-refractivity contribution is 0.666. The van der Waals surface area contributed by atoms with Gasteiger partial charge in [0.1, 0.15) is 22.9 Å². The summed E-state index contributed by atoms with van der Waals surface area (Å²) < 4.78 is 11.5. The van der Waals surface area contributed by atoms with Gasteiger partial charge in [-0.15, -0.1) is 0 Å². The fourth-order valence-corrected chi connectivity index (χ4v) is 10.1. The zero-order valence-corrected chi connectivity index (χ0v) is 35.1. The molecule has 65 heavy (non-hydrogen) atoms. The SMILES string of the molecule is N#Cc1c(-n2c3ccc(-c4ccccc4)cc3c3cc(-c4ccccc4)ccc32)cc2c(oc3ccccc32)c1-n1c2ccc(-c3ccccc3)cc2c2cc(-c3ccccc3)ccc21. The first kappa shape index (κ1) is 36.7. The van der Waals surface area contributed by atoms with E-state index in [1.54, 1.807) is 0 Å². The Kier molecular flexibility index (Phi) is 8.24. The van der Waals surface area contributed by atoms with E-state index in [1.165, 1.54) is 0 Å². The molecular weight excluding hydrogens is 791 g/mol. The Morgan fingerprint density at radius 2 is 0.692 bits per heavy atom. The summed E-state index contributed by atoms with van der Waals surface area (Å²) in [6.45, 7) is 0. The highest BCUT2D eigenvalue weighted by molar-refractivity contribution is 6.17. The van der Waals surface area contributed by atoms with Crippen LogP contribution >= 0.6 is 0 Å². The monoisotopic (exact) mass is 827 g/mol. The second-order valence-electron chi connectivity index (χ2n) is 16.8. The molecule has 0 bridgehead atoms. The van der Waals surface area contributed by atoms with Crippen LogP contribution in [0.2, 0.25) is 0 Å². The Morgan fingerprint density at radius 1 is 0.323 bits per heavy atom. The quantitative estimate of drug-likeness (QED) is 0.168. The first-order chi connectivity index (χ1) is 32.2. The van der Waals surface area contributed by atoms with Crippen LogP contribution in [0.25, 0.3) is 121 Å². The van der Waals surface area contributed by atoms with Crippen molar-refractivity contribution in [1.29, 1.82) is 5.26 Å². The number of hydrogen-bond donors (Lipinski definition) is 0. The van der Waals surface area contributed by atoms with Crippen LogP contribution in [0.3, 0.4) is 0 Å². The van der Waals surface area contributed by atoms with Crippen LogP contribution in [0.5, 0.6) is 0 Å². The van der Waals surface area contributed by atoms with E-state index in [0.717, 1.165) is 110 Å². The number of furan rings is 1. The third kappa shape index (κ3) is 5.77. The Balaban J connectivity index is 1.16. The van der Waals surface area contributed by atoms with Gasteiger partial charge in [-0.3, -0.25) is 0 Å². The normalized spacial score (nSPS) is 11.7. The van der Waals surface area contributed by atoms with Crippen LogP contribution in [0.1, 0.15) is 5.56 Å². The van der Waals surface area contributed by atoms with Crippen molar-refractivity contribution in [2.75, 3.05) is 0 Å². The third-order valence-corrected chi connectivity index (χ3v) is 13.2. The van der Waals surface area contributed by atoms with Crippen molar-refractivity contribution in [3.63, 3.8) is 0 Å². The minimum atomic E-state index is 0.521. The number of benzene rings is 10. The van der Waals surface area contributed by atoms with E-state index < -0.39 is 0 Å². The zero-order chi connectivity index (χ0) is 43.0. The first-order valence-corrected chi connectivity index (χ1v) is 22.0. The van der Waals surface area contributed by atoms with Gasteiger partial charge in [0.15, 0.2) is 5.58 Å². The Bertz CT molecular complexity index is 3850. The topological polar surface area (TPSA) is 46.8 Å². The molecular formula is C61H37N3O. The second kappa shape index (κ2) is 14.6. The predicted octanol–water partition coefficient (Wildman–Crippen LogP) is 16.3. The number of rotatable bonds is 6. The van der Waals surface area contributed by atoms with E-state index >= 15 is 0 Å². The van der Waals surface area contributed by atoms with Crippen molar-refractivity contribution in [1.82, 2.24) is 9.13 Å². The van der Waals surface area contributed by atoms with Crippen molar-refractivity contribution in [3.05, 3.63) is 230 Å². The van der Waals surface area contributed by atoms with E-state index in [0.29, 0.717) is 16.8 Å². The molecule has 302 valence electrons. The molecule has 4 heteroatoms. The third-order valence-electron chi connectivity index (χ3n) is 13.2. The van der Waals surface area contributed by atoms with Crippen LogP contribution in [-0.4, -0.2) is 9.13 Å². The highest BCUT2D eigenvalue weighted by atomic mass is 16.3. The molecule has 0 spiro atoms. The molecule has 0 fully saturated rings. The summed E-state index contributed by atoms with van der Waals surface area (Å²) in [7, 11) is 0. The number of aromatic nitrogens is 2. The van der Waals surface area contributed by atoms with Gasteiger partial charge in [0, 0.05) is 32.3 Å². The van der Waals surface area contributed by atoms with Gasteiger partial charge >= 0.3 is 0 Å². The van der Waals surface area contributed by atoms with E-state index in [9.17, 15) is 5.26 Å². The molecule has 0 saturated carbocycles. The summed E-state index contributed by atoms with van der Waals surface area (Å²) in [6.07, 6.45) is 0. The smallest absolute Gasteiger partial charge is 0.160 e. The van der Waals surface area contributed by atoms with Gasteiger partial charge in [0.2, 0.25) is 0 Å². The molecule has 0 aliphatic heterocycles. The van der Waals surface area contributed by atoms with Gasteiger partial charge < -0.3 is 13.6 Å². The molecule has 0 amide bonds. The summed E-state index contributed by atoms with van der Waals surface area (Å²) in [5, 5.41) is 18.1. The van der Waals surface area contributed by atoms with Gasteiger partial charge in [-0.05, 0) is 105 Å². The van der Waals surface area contributed by atoms with Crippen molar-refractivity contribution < 1.29 is 4.42 Å². The number of hydrogen-bond acceptors (Lipinski definition) is 2. The minimum Gasteiger partial charge on any atom is -0.454 e. The molecule has 0 aliphatic rings. The second-order valence-corrected chi connectivity index (χ2v) is 16.8. The van der Waals surface area contributed by atoms with E-state index in [4.69, 9.17) is 4.42 Å². The summed E-state index contributed by atoms with van der Waals surface area (Å²) >= 11 is 0. The molecule has 0 unspecified atom stereocenters. The van der Waals surface area contributed by atoms with Gasteiger partial charge in [-0.1, -0.05) is 164 Å². The molecule has 3 aromatic heterocycles. The van der Waals surface area contributed by atoms with Gasteiger partial charge in [0.05, 0.1) is 27.8 Å². The molecule has 0 saturated heterocycles. The molecule has 0 aliphatic carbocycles.